The van der Waals surface area contributed by atoms with Crippen LogP contribution in [0.1, 0.15) is 46.2 Å². The average molecular weight is 780 g/mol. The van der Waals surface area contributed by atoms with E-state index < -0.39 is 23.3 Å². The fourth-order valence-electron chi connectivity index (χ4n) is 6.58. The lowest BCUT2D eigenvalue weighted by Gasteiger charge is -2.27. The van der Waals surface area contributed by atoms with Crippen molar-refractivity contribution < 1.29 is 46.8 Å². The van der Waals surface area contributed by atoms with E-state index in [1.807, 2.05) is 12.1 Å². The number of rotatable bonds is 8. The van der Waals surface area contributed by atoms with Gasteiger partial charge in [-0.3, -0.25) is 9.59 Å². The lowest BCUT2D eigenvalue weighted by molar-refractivity contribution is -0.126. The first-order chi connectivity index (χ1) is 25.4. The zero-order chi connectivity index (χ0) is 38.7. The lowest BCUT2D eigenvalue weighted by Crippen LogP contribution is -2.34. The van der Waals surface area contributed by atoms with Crippen LogP contribution in [0.2, 0.25) is 0 Å². The van der Waals surface area contributed by atoms with Crippen molar-refractivity contribution in [2.45, 2.75) is 51.6 Å². The minimum atomic E-state index is -0.689. The van der Waals surface area contributed by atoms with Crippen molar-refractivity contribution in [2.75, 3.05) is 19.6 Å². The summed E-state index contributed by atoms with van der Waals surface area (Å²) in [6.45, 7) is 0.120. The van der Waals surface area contributed by atoms with Gasteiger partial charge in [0.2, 0.25) is 11.8 Å². The smallest absolute Gasteiger partial charge is 0.223 e. The number of nitrogens with one attached hydrogen (secondary N) is 2. The molecule has 2 aliphatic rings. The molecule has 2 aliphatic carbocycles. The molecule has 0 fully saturated rings. The second-order valence-corrected chi connectivity index (χ2v) is 13.3. The fourth-order valence-corrected chi connectivity index (χ4v) is 6.58. The molecule has 4 aromatic rings. The first-order valence-electron chi connectivity index (χ1n) is 16.7. The topological polar surface area (TPSA) is 117 Å². The molecular weight excluding hydrogens is 739 g/mol. The van der Waals surface area contributed by atoms with Crippen LogP contribution in [0.15, 0.2) is 60.7 Å². The molecule has 284 valence electrons. The Labute approximate surface area is 315 Å². The molecule has 0 bridgehead atoms. The molecule has 53 heavy (non-hydrogen) atoms. The number of amides is 2. The van der Waals surface area contributed by atoms with Gasteiger partial charge in [0, 0.05) is 59.3 Å². The standard InChI is InChI=1S/C20H21F2NO3.C18H17F2NO3.CH2Cl2/c1-25-18-5-6-19(26-2)17-9-13(3-4-16(17)18)20(24)23-11-12-7-14(21)10-15(22)8-12;19-12-5-10(6-13(20)8-12)9-21-18(24)11-1-2-14-15(7-11)17(23)4-3-16(14)22;2-1-3/h5-8,10,13H,3-4,9,11H2,1-2H3,(H,23,24);3-6,8,11,22-23H,1-2,7,9H2,(H,21,24);1H2. The van der Waals surface area contributed by atoms with E-state index in [-0.39, 0.29) is 53.6 Å². The Bertz CT molecular complexity index is 1870. The summed E-state index contributed by atoms with van der Waals surface area (Å²) in [5.41, 5.74) is 4.05. The number of aromatic hydroxyl groups is 2. The van der Waals surface area contributed by atoms with E-state index in [2.05, 4.69) is 10.6 Å². The molecule has 14 heteroatoms. The summed E-state index contributed by atoms with van der Waals surface area (Å²) in [4.78, 5) is 24.8. The van der Waals surface area contributed by atoms with Gasteiger partial charge in [-0.25, -0.2) is 17.6 Å². The minimum Gasteiger partial charge on any atom is -0.508 e. The quantitative estimate of drug-likeness (QED) is 0.0831. The van der Waals surface area contributed by atoms with Crippen LogP contribution < -0.4 is 20.1 Å². The molecule has 0 saturated heterocycles. The van der Waals surface area contributed by atoms with E-state index >= 15 is 0 Å². The Morgan fingerprint density at radius 3 is 1.45 bits per heavy atom. The monoisotopic (exact) mass is 778 g/mol. The predicted molar refractivity (Wildman–Crippen MR) is 193 cm³/mol. The molecule has 6 rings (SSSR count). The van der Waals surface area contributed by atoms with Crippen molar-refractivity contribution in [3.8, 4) is 23.0 Å². The highest BCUT2D eigenvalue weighted by Crippen LogP contribution is 2.39. The molecule has 0 radical (unpaired) electrons. The number of hydrogen-bond acceptors (Lipinski definition) is 6. The molecule has 0 aromatic heterocycles. The van der Waals surface area contributed by atoms with Gasteiger partial charge < -0.3 is 30.3 Å². The van der Waals surface area contributed by atoms with E-state index in [0.29, 0.717) is 60.8 Å². The Morgan fingerprint density at radius 1 is 0.642 bits per heavy atom. The number of phenols is 2. The number of methoxy groups -OCH3 is 2. The van der Waals surface area contributed by atoms with Gasteiger partial charge in [-0.15, -0.1) is 23.2 Å². The van der Waals surface area contributed by atoms with Crippen molar-refractivity contribution in [3.63, 3.8) is 0 Å². The number of phenolic OH excluding ortho intramolecular Hbond substituents is 2. The van der Waals surface area contributed by atoms with Crippen LogP contribution in [0.3, 0.4) is 0 Å². The number of hydrogen-bond donors (Lipinski definition) is 4. The lowest BCUT2D eigenvalue weighted by atomic mass is 9.82. The first-order valence-corrected chi connectivity index (χ1v) is 17.8. The SMILES string of the molecule is COc1ccc(OC)c2c1CCC(C(=O)NCc1cc(F)cc(F)c1)C2.ClCCl.O=C(NCc1cc(F)cc(F)c1)C1CCc2c(O)ccc(O)c2C1. The van der Waals surface area contributed by atoms with Gasteiger partial charge in [-0.2, -0.15) is 0 Å². The van der Waals surface area contributed by atoms with Gasteiger partial charge >= 0.3 is 0 Å². The number of fused-ring (bicyclic) bond motifs is 2. The Kier molecular flexibility index (Phi) is 15.0. The fraction of sp³-hybridized carbons (Fsp3) is 0.333. The molecule has 0 heterocycles. The summed E-state index contributed by atoms with van der Waals surface area (Å²) >= 11 is 9.53. The van der Waals surface area contributed by atoms with Gasteiger partial charge in [0.1, 0.15) is 46.3 Å². The molecule has 0 aliphatic heterocycles. The number of ether oxygens (including phenoxy) is 2. The number of benzene rings is 4. The maximum absolute atomic E-state index is 13.2. The van der Waals surface area contributed by atoms with Gasteiger partial charge in [0.05, 0.1) is 19.6 Å². The van der Waals surface area contributed by atoms with Gasteiger partial charge in [-0.1, -0.05) is 0 Å². The Morgan fingerprint density at radius 2 is 1.02 bits per heavy atom. The summed E-state index contributed by atoms with van der Waals surface area (Å²) in [6.07, 6.45) is 3.27. The van der Waals surface area contributed by atoms with Crippen LogP contribution in [0.25, 0.3) is 0 Å². The minimum absolute atomic E-state index is 0.0306. The molecule has 8 nitrogen and oxygen atoms in total. The zero-order valence-electron chi connectivity index (χ0n) is 29.1. The number of carbonyl (C=O) groups is 2. The molecular formula is C39H40Cl2F4N2O6. The summed E-state index contributed by atoms with van der Waals surface area (Å²) in [7, 11) is 3.23. The highest BCUT2D eigenvalue weighted by Gasteiger charge is 2.30. The highest BCUT2D eigenvalue weighted by atomic mass is 35.5. The van der Waals surface area contributed by atoms with Crippen molar-refractivity contribution in [1.82, 2.24) is 10.6 Å². The third-order valence-corrected chi connectivity index (χ3v) is 9.07. The third kappa shape index (κ3) is 11.2. The Balaban J connectivity index is 0.000000221. The summed E-state index contributed by atoms with van der Waals surface area (Å²) < 4.78 is 63.6. The maximum atomic E-state index is 13.2. The van der Waals surface area contributed by atoms with Crippen molar-refractivity contribution in [1.29, 1.82) is 0 Å². The molecule has 2 atom stereocenters. The Hall–Kier alpha value is -4.68. The number of carbonyl (C=O) groups excluding carboxylic acids is 2. The van der Waals surface area contributed by atoms with Crippen LogP contribution in [0.4, 0.5) is 17.6 Å². The van der Waals surface area contributed by atoms with E-state index in [9.17, 15) is 37.4 Å². The van der Waals surface area contributed by atoms with Crippen molar-refractivity contribution in [3.05, 3.63) is 117 Å². The van der Waals surface area contributed by atoms with Crippen LogP contribution in [0.5, 0.6) is 23.0 Å². The van der Waals surface area contributed by atoms with Crippen LogP contribution in [-0.2, 0) is 48.4 Å². The normalized spacial score (nSPS) is 15.6. The van der Waals surface area contributed by atoms with Crippen molar-refractivity contribution in [2.24, 2.45) is 11.8 Å². The first kappa shape index (κ1) is 41.1. The molecule has 0 spiro atoms. The van der Waals surface area contributed by atoms with Gasteiger partial charge in [0.15, 0.2) is 0 Å². The average Bonchev–Trinajstić information content (AvgIpc) is 3.13. The zero-order valence-corrected chi connectivity index (χ0v) is 30.6. The molecule has 2 unspecified atom stereocenters. The molecule has 0 saturated carbocycles. The maximum Gasteiger partial charge on any atom is 0.223 e. The molecule has 2 amide bonds. The summed E-state index contributed by atoms with van der Waals surface area (Å²) in [5.74, 6) is -1.92. The van der Waals surface area contributed by atoms with E-state index in [1.54, 1.807) is 14.2 Å². The summed E-state index contributed by atoms with van der Waals surface area (Å²) in [6, 6.07) is 12.9. The number of alkyl halides is 2. The van der Waals surface area contributed by atoms with Crippen molar-refractivity contribution >= 4 is 35.0 Å². The van der Waals surface area contributed by atoms with Crippen LogP contribution >= 0.6 is 23.2 Å². The third-order valence-electron chi connectivity index (χ3n) is 9.07. The predicted octanol–water partition coefficient (Wildman–Crippen LogP) is 7.62. The van der Waals surface area contributed by atoms with E-state index in [1.165, 1.54) is 36.4 Å². The highest BCUT2D eigenvalue weighted by molar-refractivity contribution is 6.40. The van der Waals surface area contributed by atoms with E-state index in [4.69, 9.17) is 32.7 Å². The second-order valence-electron chi connectivity index (χ2n) is 12.5. The largest absolute Gasteiger partial charge is 0.508 e. The van der Waals surface area contributed by atoms with E-state index in [0.717, 1.165) is 34.8 Å². The summed E-state index contributed by atoms with van der Waals surface area (Å²) in [5, 5.41) is 25.4. The van der Waals surface area contributed by atoms with Gasteiger partial charge in [0.25, 0.3) is 0 Å². The second kappa shape index (κ2) is 19.4. The number of halogens is 6. The van der Waals surface area contributed by atoms with Crippen LogP contribution in [-0.4, -0.2) is 41.6 Å². The van der Waals surface area contributed by atoms with Gasteiger partial charge in [-0.05, 0) is 98.2 Å². The van der Waals surface area contributed by atoms with Crippen LogP contribution in [0, 0.1) is 35.1 Å². The molecule has 4 aromatic carbocycles. The molecule has 4 N–H and O–H groups in total.